The summed E-state index contributed by atoms with van der Waals surface area (Å²) in [6.07, 6.45) is 3.74. The zero-order chi connectivity index (χ0) is 22.1. The predicted octanol–water partition coefficient (Wildman–Crippen LogP) is 3.44. The second kappa shape index (κ2) is 12.8. The van der Waals surface area contributed by atoms with Gasteiger partial charge in [0.15, 0.2) is 17.5 Å². The Balaban J connectivity index is 0.00000363. The molecular formula is C23H30IN5O3. The topological polar surface area (TPSA) is 81.9 Å². The number of guanidine groups is 1. The Morgan fingerprint density at radius 3 is 2.12 bits per heavy atom. The Morgan fingerprint density at radius 2 is 1.56 bits per heavy atom. The van der Waals surface area contributed by atoms with Gasteiger partial charge in [0.2, 0.25) is 5.75 Å². The maximum Gasteiger partial charge on any atom is 0.203 e. The summed E-state index contributed by atoms with van der Waals surface area (Å²) in [5.41, 5.74) is 3.35. The number of nitrogens with one attached hydrogen (secondary N) is 2. The van der Waals surface area contributed by atoms with Gasteiger partial charge in [-0.15, -0.1) is 24.0 Å². The third kappa shape index (κ3) is 6.78. The Bertz CT molecular complexity index is 984. The van der Waals surface area contributed by atoms with Crippen LogP contribution in [0.25, 0.3) is 0 Å². The molecule has 0 amide bonds. The highest BCUT2D eigenvalue weighted by atomic mass is 127. The van der Waals surface area contributed by atoms with Gasteiger partial charge < -0.3 is 24.8 Å². The highest BCUT2D eigenvalue weighted by Crippen LogP contribution is 2.38. The summed E-state index contributed by atoms with van der Waals surface area (Å²) in [7, 11) is 6.55. The molecule has 0 aliphatic heterocycles. The van der Waals surface area contributed by atoms with E-state index in [9.17, 15) is 0 Å². The minimum atomic E-state index is 0. The van der Waals surface area contributed by atoms with Crippen LogP contribution in [0.4, 0.5) is 0 Å². The van der Waals surface area contributed by atoms with E-state index in [1.807, 2.05) is 29.1 Å². The van der Waals surface area contributed by atoms with E-state index in [4.69, 9.17) is 14.2 Å². The number of methoxy groups -OCH3 is 3. The molecule has 1 aromatic heterocycles. The van der Waals surface area contributed by atoms with Gasteiger partial charge >= 0.3 is 0 Å². The van der Waals surface area contributed by atoms with Crippen molar-refractivity contribution in [1.82, 2.24) is 20.4 Å². The molecule has 0 spiro atoms. The van der Waals surface area contributed by atoms with Crippen LogP contribution in [-0.2, 0) is 19.6 Å². The molecule has 0 saturated carbocycles. The lowest BCUT2D eigenvalue weighted by Gasteiger charge is -2.16. The molecule has 0 radical (unpaired) electrons. The van der Waals surface area contributed by atoms with Crippen LogP contribution in [0, 0.1) is 0 Å². The number of ether oxygens (including phenoxy) is 3. The number of aliphatic imine (C=N–C) groups is 1. The van der Waals surface area contributed by atoms with E-state index in [1.54, 1.807) is 34.6 Å². The van der Waals surface area contributed by atoms with Crippen molar-refractivity contribution in [2.45, 2.75) is 19.6 Å². The van der Waals surface area contributed by atoms with Crippen LogP contribution < -0.4 is 24.8 Å². The lowest BCUT2D eigenvalue weighted by molar-refractivity contribution is 0.323. The van der Waals surface area contributed by atoms with Gasteiger partial charge in [-0.3, -0.25) is 9.67 Å². The average Bonchev–Trinajstić information content (AvgIpc) is 3.31. The van der Waals surface area contributed by atoms with Gasteiger partial charge in [0.05, 0.1) is 27.9 Å². The molecule has 0 bridgehead atoms. The quantitative estimate of drug-likeness (QED) is 0.241. The standard InChI is InChI=1S/C23H29N5O3.HI/c1-24-23(26-15-19-12-20(29-2)22(31-4)21(13-19)30-3)25-14-17-7-5-8-18(11-17)16-28-10-6-9-27-28;/h5-13H,14-16H2,1-4H3,(H2,24,25,26);1H. The zero-order valence-corrected chi connectivity index (χ0v) is 21.1. The van der Waals surface area contributed by atoms with Crippen molar-refractivity contribution in [1.29, 1.82) is 0 Å². The van der Waals surface area contributed by atoms with E-state index in [0.717, 1.165) is 12.1 Å². The number of benzene rings is 2. The molecule has 0 aliphatic rings. The molecule has 2 N–H and O–H groups in total. The lowest BCUT2D eigenvalue weighted by Crippen LogP contribution is -2.36. The molecule has 32 heavy (non-hydrogen) atoms. The maximum atomic E-state index is 5.42. The van der Waals surface area contributed by atoms with Crippen molar-refractivity contribution in [2.75, 3.05) is 28.4 Å². The first kappa shape index (κ1) is 25.3. The molecule has 3 aromatic rings. The molecular weight excluding hydrogens is 521 g/mol. The number of nitrogens with zero attached hydrogens (tertiary/aromatic N) is 3. The van der Waals surface area contributed by atoms with Crippen molar-refractivity contribution in [3.63, 3.8) is 0 Å². The summed E-state index contributed by atoms with van der Waals surface area (Å²) in [6.45, 7) is 1.95. The van der Waals surface area contributed by atoms with Crippen LogP contribution in [0.1, 0.15) is 16.7 Å². The monoisotopic (exact) mass is 551 g/mol. The number of rotatable bonds is 9. The van der Waals surface area contributed by atoms with Gasteiger partial charge in [0.1, 0.15) is 0 Å². The SMILES string of the molecule is CN=C(NCc1cccc(Cn2cccn2)c1)NCc1cc(OC)c(OC)c(OC)c1.I. The Morgan fingerprint density at radius 1 is 0.906 bits per heavy atom. The smallest absolute Gasteiger partial charge is 0.203 e. The average molecular weight is 551 g/mol. The summed E-state index contributed by atoms with van der Waals surface area (Å²) in [6, 6.07) is 14.2. The number of hydrogen-bond donors (Lipinski definition) is 2. The van der Waals surface area contributed by atoms with Crippen LogP contribution >= 0.6 is 24.0 Å². The van der Waals surface area contributed by atoms with Gasteiger partial charge in [-0.05, 0) is 34.9 Å². The number of hydrogen-bond acceptors (Lipinski definition) is 5. The minimum Gasteiger partial charge on any atom is -0.493 e. The highest BCUT2D eigenvalue weighted by molar-refractivity contribution is 14.0. The predicted molar refractivity (Wildman–Crippen MR) is 136 cm³/mol. The van der Waals surface area contributed by atoms with Crippen molar-refractivity contribution in [3.05, 3.63) is 71.5 Å². The van der Waals surface area contributed by atoms with Gasteiger partial charge in [0, 0.05) is 32.5 Å². The summed E-state index contributed by atoms with van der Waals surface area (Å²) in [5, 5.41) is 10.9. The first-order valence-electron chi connectivity index (χ1n) is 9.95. The van der Waals surface area contributed by atoms with E-state index >= 15 is 0 Å². The summed E-state index contributed by atoms with van der Waals surface area (Å²) >= 11 is 0. The second-order valence-corrected chi connectivity index (χ2v) is 6.84. The van der Waals surface area contributed by atoms with E-state index < -0.39 is 0 Å². The molecule has 3 rings (SSSR count). The molecule has 8 nitrogen and oxygen atoms in total. The van der Waals surface area contributed by atoms with Crippen molar-refractivity contribution >= 4 is 29.9 Å². The summed E-state index contributed by atoms with van der Waals surface area (Å²) in [4.78, 5) is 4.31. The highest BCUT2D eigenvalue weighted by Gasteiger charge is 2.13. The van der Waals surface area contributed by atoms with Crippen molar-refractivity contribution < 1.29 is 14.2 Å². The first-order valence-corrected chi connectivity index (χ1v) is 9.95. The Kier molecular flexibility index (Phi) is 10.1. The van der Waals surface area contributed by atoms with E-state index in [1.165, 1.54) is 11.1 Å². The molecule has 0 saturated heterocycles. The number of halogens is 1. The Labute approximate surface area is 206 Å². The Hall–Kier alpha value is -2.95. The van der Waals surface area contributed by atoms with Gasteiger partial charge in [-0.1, -0.05) is 24.3 Å². The van der Waals surface area contributed by atoms with E-state index in [2.05, 4.69) is 45.0 Å². The second-order valence-electron chi connectivity index (χ2n) is 6.84. The fourth-order valence-corrected chi connectivity index (χ4v) is 3.25. The molecule has 0 aliphatic carbocycles. The summed E-state index contributed by atoms with van der Waals surface area (Å²) < 4.78 is 18.1. The minimum absolute atomic E-state index is 0. The zero-order valence-electron chi connectivity index (χ0n) is 18.8. The normalized spacial score (nSPS) is 10.8. The molecule has 1 heterocycles. The van der Waals surface area contributed by atoms with E-state index in [-0.39, 0.29) is 24.0 Å². The van der Waals surface area contributed by atoms with E-state index in [0.29, 0.717) is 36.3 Å². The van der Waals surface area contributed by atoms with Crippen LogP contribution in [0.3, 0.4) is 0 Å². The lowest BCUT2D eigenvalue weighted by atomic mass is 10.1. The molecule has 9 heteroatoms. The van der Waals surface area contributed by atoms with Crippen LogP contribution in [0.2, 0.25) is 0 Å². The number of aromatic nitrogens is 2. The third-order valence-corrected chi connectivity index (χ3v) is 4.76. The fraction of sp³-hybridized carbons (Fsp3) is 0.304. The first-order chi connectivity index (χ1) is 15.2. The molecule has 0 fully saturated rings. The van der Waals surface area contributed by atoms with Crippen molar-refractivity contribution in [2.24, 2.45) is 4.99 Å². The van der Waals surface area contributed by atoms with Crippen LogP contribution in [0.5, 0.6) is 17.2 Å². The van der Waals surface area contributed by atoms with Crippen molar-refractivity contribution in [3.8, 4) is 17.2 Å². The van der Waals surface area contributed by atoms with Gasteiger partial charge in [0.25, 0.3) is 0 Å². The molecule has 0 unspecified atom stereocenters. The van der Waals surface area contributed by atoms with Gasteiger partial charge in [-0.2, -0.15) is 5.10 Å². The maximum absolute atomic E-state index is 5.42. The summed E-state index contributed by atoms with van der Waals surface area (Å²) in [5.74, 6) is 2.52. The molecule has 172 valence electrons. The molecule has 2 aromatic carbocycles. The van der Waals surface area contributed by atoms with Crippen LogP contribution in [-0.4, -0.2) is 44.1 Å². The molecule has 0 atom stereocenters. The van der Waals surface area contributed by atoms with Crippen LogP contribution in [0.15, 0.2) is 59.9 Å². The fourth-order valence-electron chi connectivity index (χ4n) is 3.25. The largest absolute Gasteiger partial charge is 0.493 e. The van der Waals surface area contributed by atoms with Gasteiger partial charge in [-0.25, -0.2) is 0 Å². The third-order valence-electron chi connectivity index (χ3n) is 4.76.